The minimum absolute atomic E-state index is 0.0950. The number of amides is 1. The number of methoxy groups -OCH3 is 1. The van der Waals surface area contributed by atoms with E-state index in [0.717, 1.165) is 43.0 Å². The standard InChI is InChI=1S/C35H43N7O3/c1-25-8-4-9-26-10-5-12-31(33(25)26)40-18-15-29-30(23-40)37-35(45-24-28-11-6-17-39(28)2)38-34(29)41-19-20-42(27(22-41)14-16-36)32(43)13-7-21-44-3/h4-5,7-10,12-13,27-28H,6,11,14-15,17-24H2,1-3H3/b13-7+/t27-,28+/m0/s1. The van der Waals surface area contributed by atoms with Crippen molar-refractivity contribution in [3.8, 4) is 12.1 Å². The van der Waals surface area contributed by atoms with Gasteiger partial charge in [-0.05, 0) is 56.8 Å². The van der Waals surface area contributed by atoms with Crippen LogP contribution in [0.2, 0.25) is 0 Å². The number of piperazine rings is 1. The number of carbonyl (C=O) groups is 1. The van der Waals surface area contributed by atoms with Crippen molar-refractivity contribution in [2.24, 2.45) is 0 Å². The van der Waals surface area contributed by atoms with E-state index in [1.54, 1.807) is 24.2 Å². The molecular formula is C35H43N7O3. The lowest BCUT2D eigenvalue weighted by molar-refractivity contribution is -0.128. The Kier molecular flexibility index (Phi) is 9.47. The molecule has 0 bridgehead atoms. The topological polar surface area (TPSA) is 98.1 Å². The van der Waals surface area contributed by atoms with Crippen molar-refractivity contribution >= 4 is 28.2 Å². The Labute approximate surface area is 265 Å². The van der Waals surface area contributed by atoms with E-state index >= 15 is 0 Å². The molecule has 10 nitrogen and oxygen atoms in total. The average molecular weight is 610 g/mol. The first-order valence-electron chi connectivity index (χ1n) is 16.0. The Morgan fingerprint density at radius 3 is 2.71 bits per heavy atom. The van der Waals surface area contributed by atoms with Crippen molar-refractivity contribution in [2.75, 3.05) is 69.9 Å². The van der Waals surface area contributed by atoms with Gasteiger partial charge in [0.15, 0.2) is 0 Å². The molecule has 0 saturated carbocycles. The summed E-state index contributed by atoms with van der Waals surface area (Å²) in [4.78, 5) is 31.8. The van der Waals surface area contributed by atoms with Gasteiger partial charge in [-0.3, -0.25) is 4.79 Å². The van der Waals surface area contributed by atoms with Gasteiger partial charge in [0.05, 0.1) is 37.4 Å². The molecule has 2 atom stereocenters. The lowest BCUT2D eigenvalue weighted by atomic mass is 9.99. The molecule has 10 heteroatoms. The van der Waals surface area contributed by atoms with Crippen LogP contribution < -0.4 is 14.5 Å². The zero-order valence-electron chi connectivity index (χ0n) is 26.6. The summed E-state index contributed by atoms with van der Waals surface area (Å²) in [6.07, 6.45) is 6.58. The van der Waals surface area contributed by atoms with Crippen LogP contribution in [0.1, 0.15) is 36.1 Å². The molecule has 1 amide bonds. The molecule has 4 heterocycles. The molecule has 0 aliphatic carbocycles. The second kappa shape index (κ2) is 13.8. The monoisotopic (exact) mass is 609 g/mol. The van der Waals surface area contributed by atoms with E-state index in [-0.39, 0.29) is 18.4 Å². The molecule has 236 valence electrons. The molecule has 1 aromatic heterocycles. The van der Waals surface area contributed by atoms with E-state index in [9.17, 15) is 10.1 Å². The first-order valence-corrected chi connectivity index (χ1v) is 16.0. The van der Waals surface area contributed by atoms with Crippen LogP contribution in [-0.2, 0) is 22.5 Å². The number of aryl methyl sites for hydroxylation is 1. The van der Waals surface area contributed by atoms with Gasteiger partial charge in [-0.15, -0.1) is 0 Å². The van der Waals surface area contributed by atoms with Crippen molar-refractivity contribution in [1.29, 1.82) is 5.26 Å². The molecule has 3 aliphatic rings. The number of hydrogen-bond donors (Lipinski definition) is 0. The van der Waals surface area contributed by atoms with Gasteiger partial charge in [0.25, 0.3) is 0 Å². The highest BCUT2D eigenvalue weighted by molar-refractivity contribution is 5.97. The maximum absolute atomic E-state index is 13.0. The van der Waals surface area contributed by atoms with Crippen LogP contribution in [0.25, 0.3) is 10.8 Å². The van der Waals surface area contributed by atoms with Crippen molar-refractivity contribution in [3.05, 3.63) is 65.4 Å². The predicted molar refractivity (Wildman–Crippen MR) is 176 cm³/mol. The van der Waals surface area contributed by atoms with Crippen molar-refractivity contribution in [3.63, 3.8) is 0 Å². The number of fused-ring (bicyclic) bond motifs is 2. The predicted octanol–water partition coefficient (Wildman–Crippen LogP) is 4.11. The van der Waals surface area contributed by atoms with E-state index in [1.165, 1.54) is 28.4 Å². The Balaban J connectivity index is 1.31. The Bertz CT molecular complexity index is 1600. The quantitative estimate of drug-likeness (QED) is 0.332. The highest BCUT2D eigenvalue weighted by Crippen LogP contribution is 2.36. The largest absolute Gasteiger partial charge is 0.462 e. The number of likely N-dealkylation sites (tertiary alicyclic amines) is 1. The number of aromatic nitrogens is 2. The number of hydrogen-bond acceptors (Lipinski definition) is 9. The van der Waals surface area contributed by atoms with Crippen LogP contribution in [0.3, 0.4) is 0 Å². The summed E-state index contributed by atoms with van der Waals surface area (Å²) in [6.45, 7) is 7.32. The molecule has 2 saturated heterocycles. The van der Waals surface area contributed by atoms with E-state index in [4.69, 9.17) is 19.4 Å². The highest BCUT2D eigenvalue weighted by atomic mass is 16.5. The molecule has 3 aliphatic heterocycles. The Morgan fingerprint density at radius 1 is 1.09 bits per heavy atom. The fourth-order valence-electron chi connectivity index (χ4n) is 7.01. The highest BCUT2D eigenvalue weighted by Gasteiger charge is 2.34. The van der Waals surface area contributed by atoms with Crippen LogP contribution >= 0.6 is 0 Å². The third-order valence-electron chi connectivity index (χ3n) is 9.45. The van der Waals surface area contributed by atoms with Gasteiger partial charge in [0, 0.05) is 62.0 Å². The lowest BCUT2D eigenvalue weighted by Gasteiger charge is -2.42. The van der Waals surface area contributed by atoms with Crippen molar-refractivity contribution < 1.29 is 14.3 Å². The Hall–Kier alpha value is -4.20. The molecule has 3 aromatic rings. The second-order valence-corrected chi connectivity index (χ2v) is 12.3. The molecule has 6 rings (SSSR count). The summed E-state index contributed by atoms with van der Waals surface area (Å²) in [5.74, 6) is 0.774. The third-order valence-corrected chi connectivity index (χ3v) is 9.45. The molecule has 45 heavy (non-hydrogen) atoms. The maximum atomic E-state index is 13.0. The number of nitriles is 1. The molecule has 0 spiro atoms. The molecular weight excluding hydrogens is 566 g/mol. The van der Waals surface area contributed by atoms with E-state index < -0.39 is 0 Å². The third kappa shape index (κ3) is 6.60. The first-order chi connectivity index (χ1) is 22.0. The minimum atomic E-state index is -0.246. The average Bonchev–Trinajstić information content (AvgIpc) is 3.47. The molecule has 0 radical (unpaired) electrons. The van der Waals surface area contributed by atoms with Crippen molar-refractivity contribution in [2.45, 2.75) is 51.2 Å². The van der Waals surface area contributed by atoms with Gasteiger partial charge in [0.2, 0.25) is 5.91 Å². The van der Waals surface area contributed by atoms with Crippen molar-refractivity contribution in [1.82, 2.24) is 19.8 Å². The number of nitrogens with zero attached hydrogens (tertiary/aromatic N) is 7. The minimum Gasteiger partial charge on any atom is -0.462 e. The normalized spacial score (nSPS) is 20.5. The van der Waals surface area contributed by atoms with Gasteiger partial charge < -0.3 is 29.1 Å². The van der Waals surface area contributed by atoms with Crippen LogP contribution in [-0.4, -0.2) is 97.9 Å². The second-order valence-electron chi connectivity index (χ2n) is 12.3. The van der Waals surface area contributed by atoms with Crippen LogP contribution in [0.15, 0.2) is 48.6 Å². The number of anilines is 2. The number of carbonyl (C=O) groups excluding carboxylic acids is 1. The van der Waals surface area contributed by atoms with Gasteiger partial charge in [-0.25, -0.2) is 0 Å². The van der Waals surface area contributed by atoms with Gasteiger partial charge in [-0.2, -0.15) is 15.2 Å². The molecule has 0 N–H and O–H groups in total. The summed E-state index contributed by atoms with van der Waals surface area (Å²) in [7, 11) is 3.74. The van der Waals surface area contributed by atoms with Crippen LogP contribution in [0, 0.1) is 18.3 Å². The van der Waals surface area contributed by atoms with Crippen LogP contribution in [0.4, 0.5) is 11.5 Å². The smallest absolute Gasteiger partial charge is 0.318 e. The zero-order chi connectivity index (χ0) is 31.3. The van der Waals surface area contributed by atoms with Crippen LogP contribution in [0.5, 0.6) is 6.01 Å². The summed E-state index contributed by atoms with van der Waals surface area (Å²) in [5.41, 5.74) is 4.58. The van der Waals surface area contributed by atoms with E-state index in [2.05, 4.69) is 71.1 Å². The fraction of sp³-hybridized carbons (Fsp3) is 0.486. The summed E-state index contributed by atoms with van der Waals surface area (Å²) in [5, 5.41) is 12.2. The molecule has 2 aromatic carbocycles. The summed E-state index contributed by atoms with van der Waals surface area (Å²) < 4.78 is 11.4. The summed E-state index contributed by atoms with van der Waals surface area (Å²) >= 11 is 0. The lowest BCUT2D eigenvalue weighted by Crippen LogP contribution is -2.55. The zero-order valence-corrected chi connectivity index (χ0v) is 26.6. The van der Waals surface area contributed by atoms with Gasteiger partial charge in [-0.1, -0.05) is 36.4 Å². The Morgan fingerprint density at radius 2 is 1.93 bits per heavy atom. The molecule has 0 unspecified atom stereocenters. The van der Waals surface area contributed by atoms with E-state index in [1.807, 2.05) is 0 Å². The van der Waals surface area contributed by atoms with E-state index in [0.29, 0.717) is 51.4 Å². The maximum Gasteiger partial charge on any atom is 0.318 e. The first kappa shape index (κ1) is 30.8. The van der Waals surface area contributed by atoms with Gasteiger partial charge >= 0.3 is 6.01 Å². The number of ether oxygens (including phenoxy) is 2. The number of rotatable bonds is 9. The molecule has 2 fully saturated rings. The fourth-order valence-corrected chi connectivity index (χ4v) is 7.01. The van der Waals surface area contributed by atoms with Gasteiger partial charge in [0.1, 0.15) is 12.4 Å². The number of likely N-dealkylation sites (N-methyl/N-ethyl adjacent to an activating group) is 1. The summed E-state index contributed by atoms with van der Waals surface area (Å²) in [6, 6.07) is 15.8. The SMILES string of the molecule is COC/C=C/C(=O)N1CCN(c2nc(OC[C@H]3CCCN3C)nc3c2CCN(c2cccc4cccc(C)c24)C3)C[C@@H]1CC#N. The number of benzene rings is 2.